The van der Waals surface area contributed by atoms with E-state index in [0.717, 1.165) is 50.0 Å². The first kappa shape index (κ1) is 30.9. The van der Waals surface area contributed by atoms with Crippen molar-refractivity contribution in [1.82, 2.24) is 19.4 Å². The molecule has 1 N–H and O–H groups in total. The van der Waals surface area contributed by atoms with Crippen LogP contribution in [0.15, 0.2) is 45.5 Å². The second-order valence-corrected chi connectivity index (χ2v) is 15.0. The number of ether oxygens (including phenoxy) is 1. The topological polar surface area (TPSA) is 111 Å². The van der Waals surface area contributed by atoms with Gasteiger partial charge in [0.2, 0.25) is 5.89 Å². The predicted octanol–water partition coefficient (Wildman–Crippen LogP) is 5.64. The largest absolute Gasteiger partial charge is 0.440 e. The number of sulfone groups is 1. The molecule has 3 aromatic heterocycles. The molecule has 0 unspecified atom stereocenters. The highest BCUT2D eigenvalue weighted by molar-refractivity contribution is 9.10. The summed E-state index contributed by atoms with van der Waals surface area (Å²) in [5.41, 5.74) is 5.44. The number of aliphatic hydroxyl groups is 1. The molecule has 4 heterocycles. The van der Waals surface area contributed by atoms with Gasteiger partial charge in [0, 0.05) is 60.5 Å². The Bertz CT molecular complexity index is 1680. The van der Waals surface area contributed by atoms with Crippen LogP contribution in [0.2, 0.25) is 0 Å². The maximum atomic E-state index is 11.8. The van der Waals surface area contributed by atoms with Crippen LogP contribution >= 0.6 is 15.9 Å². The van der Waals surface area contributed by atoms with Gasteiger partial charge in [-0.2, -0.15) is 0 Å². The molecule has 226 valence electrons. The van der Waals surface area contributed by atoms with Crippen molar-refractivity contribution in [3.63, 3.8) is 0 Å². The van der Waals surface area contributed by atoms with Gasteiger partial charge in [-0.15, -0.1) is 0 Å². The lowest BCUT2D eigenvalue weighted by Gasteiger charge is -2.25. The molecule has 4 aromatic rings. The molecule has 42 heavy (non-hydrogen) atoms. The summed E-state index contributed by atoms with van der Waals surface area (Å²) < 4.78 is 38.9. The second-order valence-electron chi connectivity index (χ2n) is 11.8. The molecule has 1 aromatic carbocycles. The van der Waals surface area contributed by atoms with E-state index in [1.54, 1.807) is 19.5 Å². The van der Waals surface area contributed by atoms with Crippen LogP contribution in [0.5, 0.6) is 0 Å². The zero-order valence-electron chi connectivity index (χ0n) is 24.9. The van der Waals surface area contributed by atoms with Crippen molar-refractivity contribution in [1.29, 1.82) is 0 Å². The number of oxazole rings is 1. The lowest BCUT2D eigenvalue weighted by Crippen LogP contribution is -2.39. The van der Waals surface area contributed by atoms with Gasteiger partial charge in [0.25, 0.3) is 0 Å². The van der Waals surface area contributed by atoms with E-state index in [1.165, 1.54) is 0 Å². The van der Waals surface area contributed by atoms with E-state index in [2.05, 4.69) is 75.4 Å². The summed E-state index contributed by atoms with van der Waals surface area (Å²) in [5.74, 6) is 1.47. The van der Waals surface area contributed by atoms with E-state index in [-0.39, 0.29) is 29.6 Å². The minimum absolute atomic E-state index is 0.0565. The van der Waals surface area contributed by atoms with Crippen molar-refractivity contribution >= 4 is 36.7 Å². The number of halogens is 1. The molecule has 11 heteroatoms. The van der Waals surface area contributed by atoms with E-state index in [9.17, 15) is 13.5 Å². The average molecular weight is 660 g/mol. The number of aryl methyl sites for hydroxylation is 1. The number of pyridine rings is 1. The smallest absolute Gasteiger partial charge is 0.227 e. The Kier molecular flexibility index (Phi) is 8.97. The van der Waals surface area contributed by atoms with Gasteiger partial charge in [0.1, 0.15) is 5.76 Å². The number of nitrogens with zero attached hydrogens (tertiary/aromatic N) is 4. The number of fused-ring (bicyclic) bond motifs is 1. The molecule has 0 saturated carbocycles. The maximum absolute atomic E-state index is 11.8. The van der Waals surface area contributed by atoms with Gasteiger partial charge >= 0.3 is 0 Å². The van der Waals surface area contributed by atoms with E-state index < -0.39 is 9.84 Å². The Morgan fingerprint density at radius 3 is 2.57 bits per heavy atom. The van der Waals surface area contributed by atoms with Crippen molar-refractivity contribution in [3.05, 3.63) is 58.1 Å². The molecule has 0 amide bonds. The maximum Gasteiger partial charge on any atom is 0.227 e. The van der Waals surface area contributed by atoms with Gasteiger partial charge in [0.15, 0.2) is 9.84 Å². The summed E-state index contributed by atoms with van der Waals surface area (Å²) in [6.45, 7) is 10.5. The summed E-state index contributed by atoms with van der Waals surface area (Å²) in [4.78, 5) is 11.5. The summed E-state index contributed by atoms with van der Waals surface area (Å²) in [7, 11) is -1.27. The molecule has 5 rings (SSSR count). The first-order valence-corrected chi connectivity index (χ1v) is 16.9. The van der Waals surface area contributed by atoms with Crippen molar-refractivity contribution in [2.24, 2.45) is 5.41 Å². The number of hydrogen-bond acceptors (Lipinski definition) is 8. The lowest BCUT2D eigenvalue weighted by atomic mass is 9.84. The fraction of sp³-hybridized carbons (Fsp3) is 0.484. The monoisotopic (exact) mass is 658 g/mol. The fourth-order valence-electron chi connectivity index (χ4n) is 5.61. The van der Waals surface area contributed by atoms with Gasteiger partial charge < -0.3 is 18.8 Å². The normalized spacial score (nSPS) is 16.7. The summed E-state index contributed by atoms with van der Waals surface area (Å²) in [5, 5.41) is 11.4. The minimum atomic E-state index is -2.95. The molecule has 1 atom stereocenters. The second kappa shape index (κ2) is 12.2. The van der Waals surface area contributed by atoms with Crippen LogP contribution in [0, 0.1) is 5.41 Å². The Balaban J connectivity index is 1.63. The average Bonchev–Trinajstić information content (AvgIpc) is 3.55. The zero-order valence-corrected chi connectivity index (χ0v) is 27.3. The molecule has 1 fully saturated rings. The van der Waals surface area contributed by atoms with Crippen LogP contribution in [0.4, 0.5) is 0 Å². The van der Waals surface area contributed by atoms with Crippen LogP contribution in [-0.2, 0) is 34.1 Å². The Morgan fingerprint density at radius 1 is 1.17 bits per heavy atom. The zero-order chi connectivity index (χ0) is 30.2. The summed E-state index contributed by atoms with van der Waals surface area (Å²) in [6, 6.07) is 8.41. The van der Waals surface area contributed by atoms with Crippen molar-refractivity contribution in [2.45, 2.75) is 53.3 Å². The predicted molar refractivity (Wildman–Crippen MR) is 168 cm³/mol. The Hall–Kier alpha value is -2.57. The third-order valence-corrected chi connectivity index (χ3v) is 10.2. The SMILES string of the molecule is CCn1c(-c2cc(-c3ncc(CN4CCS(=O)(=O)CC4)o3)cnc2[C@H](C)OC)c(CC(C)(C)CO)c2cc(Br)ccc21. The molecular weight excluding hydrogens is 620 g/mol. The van der Waals surface area contributed by atoms with Crippen molar-refractivity contribution in [2.75, 3.05) is 38.3 Å². The Morgan fingerprint density at radius 2 is 1.90 bits per heavy atom. The van der Waals surface area contributed by atoms with Gasteiger partial charge in [-0.25, -0.2) is 13.4 Å². The van der Waals surface area contributed by atoms with Crippen molar-refractivity contribution in [3.8, 4) is 22.7 Å². The standard InChI is InChI=1S/C31H39BrN4O5S/c1-6-36-27-8-7-22(32)14-24(27)26(15-31(3,4)19-37)29(36)25-13-21(16-33-28(25)20(2)40-5)30-34-17-23(41-30)18-35-9-11-42(38,39)12-10-35/h7-8,13-14,16-17,20,37H,6,9-12,15,18-19H2,1-5H3/t20-/m0/s1. The van der Waals surface area contributed by atoms with Crippen LogP contribution in [0.1, 0.15) is 50.8 Å². The third kappa shape index (κ3) is 6.35. The molecule has 1 saturated heterocycles. The third-order valence-electron chi connectivity index (χ3n) is 8.06. The van der Waals surface area contributed by atoms with Crippen LogP contribution in [0.25, 0.3) is 33.6 Å². The quantitative estimate of drug-likeness (QED) is 0.233. The number of aliphatic hydroxyl groups excluding tert-OH is 1. The van der Waals surface area contributed by atoms with Gasteiger partial charge in [-0.1, -0.05) is 29.8 Å². The Labute approximate surface area is 256 Å². The molecule has 1 aliphatic rings. The first-order chi connectivity index (χ1) is 19.9. The molecule has 9 nitrogen and oxygen atoms in total. The first-order valence-electron chi connectivity index (χ1n) is 14.3. The number of benzene rings is 1. The number of aromatic nitrogens is 3. The summed E-state index contributed by atoms with van der Waals surface area (Å²) >= 11 is 3.66. The number of hydrogen-bond donors (Lipinski definition) is 1. The van der Waals surface area contributed by atoms with Crippen molar-refractivity contribution < 1.29 is 22.7 Å². The number of methoxy groups -OCH3 is 1. The molecular formula is C31H39BrN4O5S. The molecule has 1 aliphatic heterocycles. The fourth-order valence-corrected chi connectivity index (χ4v) is 7.24. The highest BCUT2D eigenvalue weighted by Crippen LogP contribution is 2.42. The highest BCUT2D eigenvalue weighted by Gasteiger charge is 2.29. The van der Waals surface area contributed by atoms with E-state index in [1.807, 2.05) is 6.92 Å². The van der Waals surface area contributed by atoms with E-state index >= 15 is 0 Å². The molecule has 0 spiro atoms. The van der Waals surface area contributed by atoms with E-state index in [0.29, 0.717) is 37.7 Å². The van der Waals surface area contributed by atoms with Gasteiger partial charge in [-0.05, 0) is 55.5 Å². The van der Waals surface area contributed by atoms with Crippen LogP contribution in [-0.4, -0.2) is 71.3 Å². The minimum Gasteiger partial charge on any atom is -0.440 e. The molecule has 0 bridgehead atoms. The van der Waals surface area contributed by atoms with Crippen LogP contribution in [0.3, 0.4) is 0 Å². The highest BCUT2D eigenvalue weighted by atomic mass is 79.9. The van der Waals surface area contributed by atoms with E-state index in [4.69, 9.17) is 14.1 Å². The van der Waals surface area contributed by atoms with Gasteiger partial charge in [0.05, 0.1) is 47.3 Å². The molecule has 0 aliphatic carbocycles. The van der Waals surface area contributed by atoms with Crippen LogP contribution < -0.4 is 0 Å². The summed E-state index contributed by atoms with van der Waals surface area (Å²) in [6.07, 6.45) is 3.88. The lowest BCUT2D eigenvalue weighted by molar-refractivity contribution is 0.116. The van der Waals surface area contributed by atoms with Gasteiger partial charge in [-0.3, -0.25) is 9.88 Å². The molecule has 0 radical (unpaired) electrons. The number of rotatable bonds is 10.